The zero-order valence-electron chi connectivity index (χ0n) is 13.6. The van der Waals surface area contributed by atoms with E-state index in [4.69, 9.17) is 15.2 Å². The second-order valence-corrected chi connectivity index (χ2v) is 5.72. The van der Waals surface area contributed by atoms with Crippen molar-refractivity contribution in [3.05, 3.63) is 91.0 Å². The summed E-state index contributed by atoms with van der Waals surface area (Å²) in [5.74, 6) is 3.10. The first-order chi connectivity index (χ1) is 12.3. The normalized spacial score (nSPS) is 10.6. The number of hydrogen-bond acceptors (Lipinski definition) is 3. The van der Waals surface area contributed by atoms with Crippen LogP contribution in [-0.2, 0) is 0 Å². The van der Waals surface area contributed by atoms with Gasteiger partial charge >= 0.3 is 0 Å². The molecule has 0 amide bonds. The molecule has 4 aromatic carbocycles. The molecule has 3 nitrogen and oxygen atoms in total. The molecule has 4 aromatic rings. The van der Waals surface area contributed by atoms with Crippen LogP contribution in [0.15, 0.2) is 91.0 Å². The summed E-state index contributed by atoms with van der Waals surface area (Å²) in [7, 11) is 0. The lowest BCUT2D eigenvalue weighted by molar-refractivity contribution is 0.472. The van der Waals surface area contributed by atoms with Crippen LogP contribution in [0, 0.1) is 0 Å². The summed E-state index contributed by atoms with van der Waals surface area (Å²) in [6.45, 7) is 0. The van der Waals surface area contributed by atoms with Crippen LogP contribution >= 0.6 is 0 Å². The maximum atomic E-state index is 6.04. The van der Waals surface area contributed by atoms with Gasteiger partial charge in [-0.1, -0.05) is 36.4 Å². The van der Waals surface area contributed by atoms with Gasteiger partial charge in [-0.2, -0.15) is 0 Å². The average Bonchev–Trinajstić information content (AvgIpc) is 2.65. The Balaban J connectivity index is 1.53. The molecule has 3 heteroatoms. The fourth-order valence-corrected chi connectivity index (χ4v) is 2.66. The molecular formula is C22H17NO2. The van der Waals surface area contributed by atoms with Gasteiger partial charge in [-0.25, -0.2) is 0 Å². The minimum absolute atomic E-state index is 0.714. The molecular weight excluding hydrogens is 310 g/mol. The van der Waals surface area contributed by atoms with Crippen LogP contribution in [0.2, 0.25) is 0 Å². The van der Waals surface area contributed by atoms with Gasteiger partial charge in [-0.05, 0) is 60.0 Å². The van der Waals surface area contributed by atoms with Crippen LogP contribution in [0.5, 0.6) is 23.0 Å². The predicted octanol–water partition coefficient (Wildman–Crippen LogP) is 6.01. The molecule has 0 aliphatic rings. The van der Waals surface area contributed by atoms with E-state index in [1.807, 2.05) is 72.8 Å². The minimum atomic E-state index is 0.714. The fraction of sp³-hybridized carbons (Fsp3) is 0. The third kappa shape index (κ3) is 3.40. The Bertz CT molecular complexity index is 987. The largest absolute Gasteiger partial charge is 0.457 e. The van der Waals surface area contributed by atoms with Crippen LogP contribution in [0.25, 0.3) is 10.8 Å². The monoisotopic (exact) mass is 327 g/mol. The van der Waals surface area contributed by atoms with Crippen molar-refractivity contribution in [2.75, 3.05) is 5.73 Å². The Morgan fingerprint density at radius 2 is 1.08 bits per heavy atom. The molecule has 25 heavy (non-hydrogen) atoms. The van der Waals surface area contributed by atoms with E-state index in [2.05, 4.69) is 18.2 Å². The van der Waals surface area contributed by atoms with Gasteiger partial charge in [0.2, 0.25) is 0 Å². The molecule has 0 aliphatic heterocycles. The van der Waals surface area contributed by atoms with Crippen LogP contribution in [0.1, 0.15) is 0 Å². The quantitative estimate of drug-likeness (QED) is 0.467. The van der Waals surface area contributed by atoms with Gasteiger partial charge in [0.1, 0.15) is 23.0 Å². The van der Waals surface area contributed by atoms with Gasteiger partial charge < -0.3 is 15.2 Å². The van der Waals surface area contributed by atoms with Crippen molar-refractivity contribution in [2.45, 2.75) is 0 Å². The fourth-order valence-electron chi connectivity index (χ4n) is 2.66. The highest BCUT2D eigenvalue weighted by Crippen LogP contribution is 2.31. The molecule has 0 aliphatic carbocycles. The van der Waals surface area contributed by atoms with E-state index < -0.39 is 0 Å². The van der Waals surface area contributed by atoms with Crippen molar-refractivity contribution in [3.8, 4) is 23.0 Å². The SMILES string of the molecule is Nc1ccc(Oc2ccc(Oc3cccc4ccccc34)cc2)cc1. The lowest BCUT2D eigenvalue weighted by Crippen LogP contribution is -1.88. The first-order valence-corrected chi connectivity index (χ1v) is 8.07. The van der Waals surface area contributed by atoms with Crippen LogP contribution < -0.4 is 15.2 Å². The molecule has 0 unspecified atom stereocenters. The molecule has 4 rings (SSSR count). The number of rotatable bonds is 4. The zero-order chi connectivity index (χ0) is 17.1. The van der Waals surface area contributed by atoms with Gasteiger partial charge in [0, 0.05) is 11.1 Å². The average molecular weight is 327 g/mol. The minimum Gasteiger partial charge on any atom is -0.457 e. The second-order valence-electron chi connectivity index (χ2n) is 5.72. The lowest BCUT2D eigenvalue weighted by atomic mass is 10.1. The summed E-state index contributed by atoms with van der Waals surface area (Å²) >= 11 is 0. The zero-order valence-corrected chi connectivity index (χ0v) is 13.6. The Morgan fingerprint density at radius 1 is 0.520 bits per heavy atom. The summed E-state index contributed by atoms with van der Waals surface area (Å²) in [6.07, 6.45) is 0. The van der Waals surface area contributed by atoms with Gasteiger partial charge in [0.25, 0.3) is 0 Å². The summed E-state index contributed by atoms with van der Waals surface area (Å²) in [4.78, 5) is 0. The first-order valence-electron chi connectivity index (χ1n) is 8.07. The van der Waals surface area contributed by atoms with Gasteiger partial charge in [0.15, 0.2) is 0 Å². The van der Waals surface area contributed by atoms with E-state index in [-0.39, 0.29) is 0 Å². The van der Waals surface area contributed by atoms with Crippen molar-refractivity contribution < 1.29 is 9.47 Å². The van der Waals surface area contributed by atoms with Gasteiger partial charge in [-0.3, -0.25) is 0 Å². The smallest absolute Gasteiger partial charge is 0.135 e. The van der Waals surface area contributed by atoms with Crippen LogP contribution in [0.3, 0.4) is 0 Å². The van der Waals surface area contributed by atoms with Gasteiger partial charge in [0.05, 0.1) is 0 Å². The number of fused-ring (bicyclic) bond motifs is 1. The summed E-state index contributed by atoms with van der Waals surface area (Å²) in [5, 5.41) is 2.25. The van der Waals surface area contributed by atoms with E-state index >= 15 is 0 Å². The molecule has 0 saturated carbocycles. The summed E-state index contributed by atoms with van der Waals surface area (Å²) < 4.78 is 11.8. The highest BCUT2D eigenvalue weighted by atomic mass is 16.5. The highest BCUT2D eigenvalue weighted by molar-refractivity contribution is 5.88. The number of nitrogen functional groups attached to an aromatic ring is 1. The molecule has 122 valence electrons. The highest BCUT2D eigenvalue weighted by Gasteiger charge is 2.04. The number of nitrogens with two attached hydrogens (primary N) is 1. The predicted molar refractivity (Wildman–Crippen MR) is 101 cm³/mol. The molecule has 2 N–H and O–H groups in total. The third-order valence-electron chi connectivity index (χ3n) is 3.92. The number of benzene rings is 4. The van der Waals surface area contributed by atoms with Crippen molar-refractivity contribution in [3.63, 3.8) is 0 Å². The van der Waals surface area contributed by atoms with Crippen molar-refractivity contribution >= 4 is 16.5 Å². The second kappa shape index (κ2) is 6.57. The van der Waals surface area contributed by atoms with E-state index in [1.54, 1.807) is 0 Å². The number of ether oxygens (including phenoxy) is 2. The molecule has 0 aromatic heterocycles. The summed E-state index contributed by atoms with van der Waals surface area (Å²) in [5.41, 5.74) is 6.39. The van der Waals surface area contributed by atoms with E-state index in [9.17, 15) is 0 Å². The number of hydrogen-bond donors (Lipinski definition) is 1. The molecule has 0 spiro atoms. The van der Waals surface area contributed by atoms with E-state index in [0.29, 0.717) is 5.69 Å². The molecule has 0 heterocycles. The van der Waals surface area contributed by atoms with Crippen LogP contribution in [0.4, 0.5) is 5.69 Å². The maximum absolute atomic E-state index is 6.04. The lowest BCUT2D eigenvalue weighted by Gasteiger charge is -2.10. The molecule has 0 bridgehead atoms. The standard InChI is InChI=1S/C22H17NO2/c23-17-8-10-18(11-9-17)24-19-12-14-20(15-13-19)25-22-7-3-5-16-4-1-2-6-21(16)22/h1-15H,23H2. The van der Waals surface area contributed by atoms with E-state index in [1.165, 1.54) is 0 Å². The van der Waals surface area contributed by atoms with Crippen LogP contribution in [-0.4, -0.2) is 0 Å². The molecule has 0 radical (unpaired) electrons. The topological polar surface area (TPSA) is 44.5 Å². The molecule has 0 fully saturated rings. The van der Waals surface area contributed by atoms with Gasteiger partial charge in [-0.15, -0.1) is 0 Å². The Labute approximate surface area is 146 Å². The Hall–Kier alpha value is -3.46. The Morgan fingerprint density at radius 3 is 1.80 bits per heavy atom. The first kappa shape index (κ1) is 15.1. The maximum Gasteiger partial charge on any atom is 0.135 e. The van der Waals surface area contributed by atoms with Crippen molar-refractivity contribution in [2.24, 2.45) is 0 Å². The molecule has 0 atom stereocenters. The van der Waals surface area contributed by atoms with Crippen molar-refractivity contribution in [1.82, 2.24) is 0 Å². The Kier molecular flexibility index (Phi) is 3.97. The third-order valence-corrected chi connectivity index (χ3v) is 3.92. The van der Waals surface area contributed by atoms with E-state index in [0.717, 1.165) is 33.8 Å². The van der Waals surface area contributed by atoms with Crippen molar-refractivity contribution in [1.29, 1.82) is 0 Å². The summed E-state index contributed by atoms with van der Waals surface area (Å²) in [6, 6.07) is 29.1. The number of anilines is 1. The molecule has 0 saturated heterocycles.